The lowest BCUT2D eigenvalue weighted by molar-refractivity contribution is -0.124. The molecule has 1 aromatic heterocycles. The predicted octanol–water partition coefficient (Wildman–Crippen LogP) is 2.82. The second kappa shape index (κ2) is 12.4. The minimum absolute atomic E-state index is 0.0485. The van der Waals surface area contributed by atoms with E-state index in [2.05, 4.69) is 15.6 Å². The summed E-state index contributed by atoms with van der Waals surface area (Å²) in [6, 6.07) is 7.19. The van der Waals surface area contributed by atoms with Crippen molar-refractivity contribution in [2.45, 2.75) is 77.8 Å². The summed E-state index contributed by atoms with van der Waals surface area (Å²) in [5.74, 6) is 0.0420. The van der Waals surface area contributed by atoms with E-state index in [1.54, 1.807) is 45.0 Å². The van der Waals surface area contributed by atoms with Gasteiger partial charge in [-0.1, -0.05) is 12.1 Å². The maximum atomic E-state index is 13.1. The van der Waals surface area contributed by atoms with Crippen LogP contribution in [0.25, 0.3) is 0 Å². The van der Waals surface area contributed by atoms with E-state index < -0.39 is 42.7 Å². The number of nitrogens with zero attached hydrogens (tertiary/aromatic N) is 2. The number of amides is 2. The maximum absolute atomic E-state index is 13.1. The summed E-state index contributed by atoms with van der Waals surface area (Å²) in [6.45, 7) is 10.9. The number of anilines is 1. The average Bonchev–Trinajstić information content (AvgIpc) is 2.81. The lowest BCUT2D eigenvalue weighted by atomic mass is 10.0. The Kier molecular flexibility index (Phi) is 9.65. The van der Waals surface area contributed by atoms with Gasteiger partial charge in [-0.05, 0) is 65.3 Å². The highest BCUT2D eigenvalue weighted by Crippen LogP contribution is 2.50. The van der Waals surface area contributed by atoms with Gasteiger partial charge in [0.2, 0.25) is 5.91 Å². The quantitative estimate of drug-likeness (QED) is 0.395. The first kappa shape index (κ1) is 31.1. The van der Waals surface area contributed by atoms with Crippen LogP contribution in [0.5, 0.6) is 5.75 Å². The van der Waals surface area contributed by atoms with Gasteiger partial charge in [-0.25, -0.2) is 14.2 Å². The van der Waals surface area contributed by atoms with Crippen LogP contribution in [0.15, 0.2) is 41.3 Å². The highest BCUT2D eigenvalue weighted by molar-refractivity contribution is 7.54. The number of carbonyl (C=O) groups excluding carboxylic acids is 2. The zero-order chi connectivity index (χ0) is 29.7. The van der Waals surface area contributed by atoms with Crippen molar-refractivity contribution < 1.29 is 32.7 Å². The number of nitrogens with one attached hydrogen (secondary N) is 2. The van der Waals surface area contributed by atoms with Crippen molar-refractivity contribution in [2.24, 2.45) is 0 Å². The molecule has 0 spiro atoms. The van der Waals surface area contributed by atoms with E-state index in [0.717, 1.165) is 5.56 Å². The zero-order valence-corrected chi connectivity index (χ0v) is 24.5. The molecule has 1 saturated heterocycles. The monoisotopic (exact) mass is 579 g/mol. The molecule has 2 heterocycles. The molecule has 14 heteroatoms. The van der Waals surface area contributed by atoms with Gasteiger partial charge in [-0.2, -0.15) is 4.98 Å². The molecule has 3 atom stereocenters. The van der Waals surface area contributed by atoms with Crippen LogP contribution in [0.4, 0.5) is 10.6 Å². The summed E-state index contributed by atoms with van der Waals surface area (Å²) in [6.07, 6.45) is 0.154. The van der Waals surface area contributed by atoms with Crippen LogP contribution < -0.4 is 26.6 Å². The standard InChI is InChI=1S/C26H38N5O8P/c1-25(2,3)30-22(32)20(28-24(34)38-26(4,5)6)13-17-7-9-18(10-8-17)39-40(35)16-36-19(15-37-40)14-31-12-11-21(27)29-23(31)33/h7-12,19-20H,13-16H2,1-6H3,(H,28,34)(H,30,32)(H2,27,29,33)/t19-,20-,40-/m0/s1. The van der Waals surface area contributed by atoms with Crippen molar-refractivity contribution in [3.05, 3.63) is 52.6 Å². The number of benzene rings is 1. The van der Waals surface area contributed by atoms with Gasteiger partial charge in [0.25, 0.3) is 0 Å². The topological polar surface area (TPSA) is 173 Å². The minimum atomic E-state index is -3.60. The number of carbonyl (C=O) groups is 2. The molecule has 2 amide bonds. The van der Waals surface area contributed by atoms with E-state index >= 15 is 0 Å². The van der Waals surface area contributed by atoms with Crippen LogP contribution in [-0.4, -0.2) is 57.8 Å². The third-order valence-electron chi connectivity index (χ3n) is 5.33. The number of hydrogen-bond donors (Lipinski definition) is 3. The van der Waals surface area contributed by atoms with Gasteiger partial charge >= 0.3 is 19.4 Å². The third kappa shape index (κ3) is 9.96. The van der Waals surface area contributed by atoms with Crippen LogP contribution in [0.3, 0.4) is 0 Å². The summed E-state index contributed by atoms with van der Waals surface area (Å²) >= 11 is 0. The molecule has 0 saturated carbocycles. The molecule has 0 aliphatic carbocycles. The van der Waals surface area contributed by atoms with E-state index in [-0.39, 0.29) is 43.4 Å². The number of aromatic nitrogens is 2. The van der Waals surface area contributed by atoms with Gasteiger partial charge in [-0.3, -0.25) is 13.9 Å². The van der Waals surface area contributed by atoms with Crippen LogP contribution in [-0.2, 0) is 36.3 Å². The second-order valence-electron chi connectivity index (χ2n) is 11.5. The van der Waals surface area contributed by atoms with Crippen LogP contribution in [0, 0.1) is 0 Å². The molecule has 1 fully saturated rings. The highest BCUT2D eigenvalue weighted by atomic mass is 31.2. The molecule has 2 aromatic rings. The van der Waals surface area contributed by atoms with Gasteiger partial charge in [0.05, 0.1) is 13.2 Å². The molecule has 1 aromatic carbocycles. The first-order chi connectivity index (χ1) is 18.5. The molecule has 13 nitrogen and oxygen atoms in total. The van der Waals surface area contributed by atoms with E-state index in [1.165, 1.54) is 16.8 Å². The molecule has 220 valence electrons. The minimum Gasteiger partial charge on any atom is -0.444 e. The molecule has 40 heavy (non-hydrogen) atoms. The molecule has 1 aliphatic rings. The first-order valence-corrected chi connectivity index (χ1v) is 14.5. The normalized spacial score (nSPS) is 20.3. The summed E-state index contributed by atoms with van der Waals surface area (Å²) in [4.78, 5) is 40.9. The molecular formula is C26H38N5O8P. The molecule has 0 radical (unpaired) electrons. The Morgan fingerprint density at radius 1 is 1.18 bits per heavy atom. The van der Waals surface area contributed by atoms with Crippen molar-refractivity contribution in [1.29, 1.82) is 0 Å². The van der Waals surface area contributed by atoms with E-state index in [1.807, 2.05) is 20.8 Å². The van der Waals surface area contributed by atoms with Crippen molar-refractivity contribution in [3.8, 4) is 5.75 Å². The van der Waals surface area contributed by atoms with Gasteiger partial charge in [0, 0.05) is 18.2 Å². The first-order valence-electron chi connectivity index (χ1n) is 12.8. The van der Waals surface area contributed by atoms with Gasteiger partial charge in [0.15, 0.2) is 6.35 Å². The van der Waals surface area contributed by atoms with Crippen molar-refractivity contribution in [1.82, 2.24) is 20.2 Å². The lowest BCUT2D eigenvalue weighted by Crippen LogP contribution is -2.53. The van der Waals surface area contributed by atoms with Crippen LogP contribution >= 0.6 is 7.60 Å². The van der Waals surface area contributed by atoms with Crippen LogP contribution in [0.2, 0.25) is 0 Å². The SMILES string of the molecule is CC(C)(C)NC(=O)[C@H](Cc1ccc(O[P@]2(=O)CO[C@@H](Cn3ccc(N)nc3=O)CO2)cc1)NC(=O)OC(C)(C)C. The lowest BCUT2D eigenvalue weighted by Gasteiger charge is -2.29. The van der Waals surface area contributed by atoms with Crippen molar-refractivity contribution >= 4 is 25.4 Å². The summed E-state index contributed by atoms with van der Waals surface area (Å²) < 4.78 is 36.5. The predicted molar refractivity (Wildman–Crippen MR) is 148 cm³/mol. The Hall–Kier alpha value is -3.41. The Bertz CT molecular complexity index is 1290. The molecule has 0 bridgehead atoms. The van der Waals surface area contributed by atoms with Crippen molar-refractivity contribution in [2.75, 3.05) is 18.7 Å². The fourth-order valence-electron chi connectivity index (χ4n) is 3.64. The van der Waals surface area contributed by atoms with E-state index in [4.69, 9.17) is 24.3 Å². The average molecular weight is 580 g/mol. The zero-order valence-electron chi connectivity index (χ0n) is 23.6. The van der Waals surface area contributed by atoms with E-state index in [0.29, 0.717) is 0 Å². The molecule has 4 N–H and O–H groups in total. The Balaban J connectivity index is 1.60. The third-order valence-corrected chi connectivity index (χ3v) is 6.83. The maximum Gasteiger partial charge on any atom is 0.408 e. The summed E-state index contributed by atoms with van der Waals surface area (Å²) in [5, 5.41) is 5.51. The summed E-state index contributed by atoms with van der Waals surface area (Å²) in [5.41, 5.74) is 4.48. The Labute approximate surface area is 233 Å². The fraction of sp³-hybridized carbons (Fsp3) is 0.538. The number of ether oxygens (including phenoxy) is 2. The number of alkyl carbamates (subject to hydrolysis) is 1. The molecular weight excluding hydrogens is 541 g/mol. The largest absolute Gasteiger partial charge is 0.444 e. The van der Waals surface area contributed by atoms with E-state index in [9.17, 15) is 18.9 Å². The van der Waals surface area contributed by atoms with Crippen LogP contribution in [0.1, 0.15) is 47.1 Å². The fourth-order valence-corrected chi connectivity index (χ4v) is 5.05. The number of nitrogens with two attached hydrogens (primary N) is 1. The Morgan fingerprint density at radius 2 is 1.85 bits per heavy atom. The molecule has 0 unspecified atom stereocenters. The van der Waals surface area contributed by atoms with Gasteiger partial charge in [0.1, 0.15) is 29.3 Å². The Morgan fingerprint density at radius 3 is 2.40 bits per heavy atom. The molecule has 1 aliphatic heterocycles. The number of nitrogen functional groups attached to an aromatic ring is 1. The smallest absolute Gasteiger partial charge is 0.408 e. The highest BCUT2D eigenvalue weighted by Gasteiger charge is 2.35. The molecule has 3 rings (SSSR count). The second-order valence-corrected chi connectivity index (χ2v) is 13.4. The van der Waals surface area contributed by atoms with Gasteiger partial charge in [-0.15, -0.1) is 0 Å². The number of hydrogen-bond acceptors (Lipinski definition) is 10. The van der Waals surface area contributed by atoms with Gasteiger partial charge < -0.3 is 30.4 Å². The van der Waals surface area contributed by atoms with Crippen molar-refractivity contribution in [3.63, 3.8) is 0 Å². The summed E-state index contributed by atoms with van der Waals surface area (Å²) in [7, 11) is -3.60. The number of rotatable bonds is 8.